The van der Waals surface area contributed by atoms with Crippen LogP contribution >= 0.6 is 11.8 Å². The highest BCUT2D eigenvalue weighted by molar-refractivity contribution is 8.18. The third kappa shape index (κ3) is 4.69. The Labute approximate surface area is 166 Å². The van der Waals surface area contributed by atoms with Gasteiger partial charge >= 0.3 is 0 Å². The van der Waals surface area contributed by atoms with Gasteiger partial charge in [-0.25, -0.2) is 0 Å². The first-order valence-corrected chi connectivity index (χ1v) is 9.32. The zero-order valence-electron chi connectivity index (χ0n) is 15.1. The molecular formula is C21H18N2O4S. The molecule has 0 saturated carbocycles. The average molecular weight is 394 g/mol. The van der Waals surface area contributed by atoms with Crippen LogP contribution in [0.25, 0.3) is 6.08 Å². The molecule has 0 bridgehead atoms. The Kier molecular flexibility index (Phi) is 5.96. The van der Waals surface area contributed by atoms with Crippen LogP contribution < -0.4 is 5.32 Å². The molecule has 1 aliphatic rings. The van der Waals surface area contributed by atoms with Crippen molar-refractivity contribution in [3.63, 3.8) is 0 Å². The Balaban J connectivity index is 1.64. The lowest BCUT2D eigenvalue weighted by Crippen LogP contribution is -2.36. The molecule has 0 radical (unpaired) electrons. The number of rotatable bonds is 5. The topological polar surface area (TPSA) is 86.7 Å². The second kappa shape index (κ2) is 8.58. The van der Waals surface area contributed by atoms with Crippen LogP contribution in [0.1, 0.15) is 11.1 Å². The molecule has 2 aromatic carbocycles. The van der Waals surface area contributed by atoms with Crippen LogP contribution in [-0.2, 0) is 9.59 Å². The third-order valence-electron chi connectivity index (χ3n) is 4.00. The lowest BCUT2D eigenvalue weighted by atomic mass is 10.2. The minimum Gasteiger partial charge on any atom is -0.508 e. The number of benzene rings is 2. The fourth-order valence-electron chi connectivity index (χ4n) is 2.58. The molecule has 3 rings (SSSR count). The third-order valence-corrected chi connectivity index (χ3v) is 4.92. The van der Waals surface area contributed by atoms with Gasteiger partial charge < -0.3 is 10.4 Å². The number of hydrogen-bond acceptors (Lipinski definition) is 5. The summed E-state index contributed by atoms with van der Waals surface area (Å²) in [6.45, 7) is 1.36. The molecular weight excluding hydrogens is 376 g/mol. The standard InChI is InChI=1S/C21H18N2O4S/c1-14-12-16(24)10-11-17(14)22-19(25)13-23-20(26)18(28-21(23)27)9-5-8-15-6-3-2-4-7-15/h2-12,24H,13H2,1H3,(H,22,25)/b8-5+,18-9-. The predicted octanol–water partition coefficient (Wildman–Crippen LogP) is 3.93. The summed E-state index contributed by atoms with van der Waals surface area (Å²) >= 11 is 0.805. The lowest BCUT2D eigenvalue weighted by molar-refractivity contribution is -0.127. The Bertz CT molecular complexity index is 983. The number of allylic oxidation sites excluding steroid dienone is 2. The Morgan fingerprint density at radius 3 is 2.64 bits per heavy atom. The number of carbonyl (C=O) groups is 3. The largest absolute Gasteiger partial charge is 0.508 e. The molecule has 6 nitrogen and oxygen atoms in total. The van der Waals surface area contributed by atoms with Gasteiger partial charge in [0.25, 0.3) is 11.1 Å². The first kappa shape index (κ1) is 19.4. The normalized spacial score (nSPS) is 15.6. The smallest absolute Gasteiger partial charge is 0.294 e. The maximum atomic E-state index is 12.4. The summed E-state index contributed by atoms with van der Waals surface area (Å²) in [7, 11) is 0. The number of imide groups is 1. The number of nitrogens with one attached hydrogen (secondary N) is 1. The molecule has 3 amide bonds. The molecule has 142 valence electrons. The van der Waals surface area contributed by atoms with Crippen LogP contribution in [0.4, 0.5) is 10.5 Å². The summed E-state index contributed by atoms with van der Waals surface area (Å²) in [5.74, 6) is -0.891. The summed E-state index contributed by atoms with van der Waals surface area (Å²) in [4.78, 5) is 38.0. The van der Waals surface area contributed by atoms with Crippen LogP contribution in [0.2, 0.25) is 0 Å². The van der Waals surface area contributed by atoms with Gasteiger partial charge in [0, 0.05) is 5.69 Å². The molecule has 1 fully saturated rings. The van der Waals surface area contributed by atoms with Crippen molar-refractivity contribution in [2.45, 2.75) is 6.92 Å². The van der Waals surface area contributed by atoms with Crippen molar-refractivity contribution in [3.05, 3.63) is 76.7 Å². The minimum atomic E-state index is -0.495. The first-order chi connectivity index (χ1) is 13.4. The number of phenolic OH excluding ortho intramolecular Hbond substituents is 1. The fraction of sp³-hybridized carbons (Fsp3) is 0.0952. The van der Waals surface area contributed by atoms with Crippen LogP contribution in [0.15, 0.2) is 65.6 Å². The van der Waals surface area contributed by atoms with Crippen molar-refractivity contribution in [1.82, 2.24) is 4.90 Å². The molecule has 28 heavy (non-hydrogen) atoms. The number of phenols is 1. The van der Waals surface area contributed by atoms with Crippen molar-refractivity contribution in [2.24, 2.45) is 0 Å². The number of aromatic hydroxyl groups is 1. The van der Waals surface area contributed by atoms with Crippen molar-refractivity contribution in [3.8, 4) is 5.75 Å². The molecule has 0 atom stereocenters. The zero-order valence-corrected chi connectivity index (χ0v) is 15.9. The zero-order chi connectivity index (χ0) is 20.1. The van der Waals surface area contributed by atoms with Gasteiger partial charge in [0.15, 0.2) is 0 Å². The van der Waals surface area contributed by atoms with Crippen LogP contribution in [0.3, 0.4) is 0 Å². The number of hydrogen-bond donors (Lipinski definition) is 2. The van der Waals surface area contributed by atoms with Crippen LogP contribution in [0.5, 0.6) is 5.75 Å². The molecule has 1 saturated heterocycles. The number of nitrogens with zero attached hydrogens (tertiary/aromatic N) is 1. The molecule has 1 aliphatic heterocycles. The second-order valence-corrected chi connectivity index (χ2v) is 7.10. The second-order valence-electron chi connectivity index (χ2n) is 6.11. The molecule has 1 heterocycles. The van der Waals surface area contributed by atoms with Gasteiger partial charge in [-0.2, -0.15) is 0 Å². The maximum Gasteiger partial charge on any atom is 0.294 e. The van der Waals surface area contributed by atoms with E-state index in [9.17, 15) is 19.5 Å². The lowest BCUT2D eigenvalue weighted by Gasteiger charge is -2.13. The van der Waals surface area contributed by atoms with E-state index in [0.717, 1.165) is 22.2 Å². The Hall–Kier alpha value is -3.32. The monoisotopic (exact) mass is 394 g/mol. The molecule has 0 unspecified atom stereocenters. The van der Waals surface area contributed by atoms with Gasteiger partial charge in [-0.05, 0) is 54.1 Å². The van der Waals surface area contributed by atoms with Gasteiger partial charge in [0.2, 0.25) is 5.91 Å². The number of aryl methyl sites for hydroxylation is 1. The SMILES string of the molecule is Cc1cc(O)ccc1NC(=O)CN1C(=O)S/C(=C\C=C\c2ccccc2)C1=O. The quantitative estimate of drug-likeness (QED) is 0.593. The highest BCUT2D eigenvalue weighted by Crippen LogP contribution is 2.30. The van der Waals surface area contributed by atoms with E-state index in [-0.39, 0.29) is 17.2 Å². The van der Waals surface area contributed by atoms with E-state index in [0.29, 0.717) is 11.3 Å². The van der Waals surface area contributed by atoms with E-state index in [4.69, 9.17) is 0 Å². The highest BCUT2D eigenvalue weighted by atomic mass is 32.2. The predicted molar refractivity (Wildman–Crippen MR) is 110 cm³/mol. The minimum absolute atomic E-state index is 0.0927. The summed E-state index contributed by atoms with van der Waals surface area (Å²) in [6.07, 6.45) is 5.10. The number of amides is 3. The van der Waals surface area contributed by atoms with Crippen LogP contribution in [-0.4, -0.2) is 33.6 Å². The molecule has 7 heteroatoms. The van der Waals surface area contributed by atoms with Crippen molar-refractivity contribution in [2.75, 3.05) is 11.9 Å². The Morgan fingerprint density at radius 1 is 1.18 bits per heavy atom. The van der Waals surface area contributed by atoms with Crippen molar-refractivity contribution >= 4 is 40.6 Å². The average Bonchev–Trinajstić information content (AvgIpc) is 2.92. The summed E-state index contributed by atoms with van der Waals surface area (Å²) in [5.41, 5.74) is 2.16. The number of carbonyl (C=O) groups excluding carboxylic acids is 3. The van der Waals surface area contributed by atoms with E-state index in [1.54, 1.807) is 25.1 Å². The first-order valence-electron chi connectivity index (χ1n) is 8.50. The van der Waals surface area contributed by atoms with Crippen molar-refractivity contribution in [1.29, 1.82) is 0 Å². The van der Waals surface area contributed by atoms with Gasteiger partial charge in [-0.1, -0.05) is 42.5 Å². The molecule has 2 N–H and O–H groups in total. The van der Waals surface area contributed by atoms with E-state index in [1.807, 2.05) is 36.4 Å². The highest BCUT2D eigenvalue weighted by Gasteiger charge is 2.36. The van der Waals surface area contributed by atoms with Gasteiger partial charge in [-0.15, -0.1) is 0 Å². The van der Waals surface area contributed by atoms with Crippen molar-refractivity contribution < 1.29 is 19.5 Å². The van der Waals surface area contributed by atoms with Crippen LogP contribution in [0, 0.1) is 6.92 Å². The molecule has 0 aromatic heterocycles. The number of thioether (sulfide) groups is 1. The van der Waals surface area contributed by atoms with Gasteiger partial charge in [-0.3, -0.25) is 19.3 Å². The molecule has 0 spiro atoms. The molecule has 0 aliphatic carbocycles. The van der Waals surface area contributed by atoms with E-state index < -0.39 is 17.1 Å². The van der Waals surface area contributed by atoms with E-state index >= 15 is 0 Å². The van der Waals surface area contributed by atoms with E-state index in [2.05, 4.69) is 5.32 Å². The summed E-state index contributed by atoms with van der Waals surface area (Å²) in [5, 5.41) is 11.6. The number of anilines is 1. The van der Waals surface area contributed by atoms with Gasteiger partial charge in [0.05, 0.1) is 4.91 Å². The van der Waals surface area contributed by atoms with E-state index in [1.165, 1.54) is 12.1 Å². The summed E-state index contributed by atoms with van der Waals surface area (Å²) < 4.78 is 0. The van der Waals surface area contributed by atoms with Gasteiger partial charge in [0.1, 0.15) is 12.3 Å². The maximum absolute atomic E-state index is 12.4. The fourth-order valence-corrected chi connectivity index (χ4v) is 3.37. The Morgan fingerprint density at radius 2 is 1.93 bits per heavy atom. The molecule has 2 aromatic rings. The summed E-state index contributed by atoms with van der Waals surface area (Å²) in [6, 6.07) is 14.1.